The molecule has 0 fully saturated rings. The van der Waals surface area contributed by atoms with Gasteiger partial charge in [-0.05, 0) is 30.7 Å². The van der Waals surface area contributed by atoms with Crippen molar-refractivity contribution >= 4 is 17.8 Å². The van der Waals surface area contributed by atoms with E-state index < -0.39 is 11.6 Å². The van der Waals surface area contributed by atoms with Crippen LogP contribution in [0.4, 0.5) is 4.39 Å². The van der Waals surface area contributed by atoms with Crippen molar-refractivity contribution in [1.29, 1.82) is 0 Å². The van der Waals surface area contributed by atoms with Crippen LogP contribution in [-0.4, -0.2) is 35.9 Å². The molecule has 6 heteroatoms. The minimum Gasteiger partial charge on any atom is -0.502 e. The first-order valence-corrected chi connectivity index (χ1v) is 5.55. The number of halogens is 1. The second-order valence-corrected chi connectivity index (χ2v) is 4.11. The lowest BCUT2D eigenvalue weighted by Crippen LogP contribution is -2.25. The molecule has 1 N–H and O–H groups in total. The van der Waals surface area contributed by atoms with Crippen molar-refractivity contribution in [1.82, 2.24) is 4.90 Å². The van der Waals surface area contributed by atoms with Crippen molar-refractivity contribution in [3.05, 3.63) is 29.2 Å². The number of aliphatic imine (C=N–C) groups is 1. The third-order valence-electron chi connectivity index (χ3n) is 2.87. The zero-order valence-electron chi connectivity index (χ0n) is 10.8. The summed E-state index contributed by atoms with van der Waals surface area (Å²) in [5, 5.41) is 9.40. The molecule has 1 aromatic rings. The predicted molar refractivity (Wildman–Crippen MR) is 68.5 cm³/mol. The maximum atomic E-state index is 13.5. The number of nitrogens with zero attached hydrogens (tertiary/aromatic N) is 2. The number of hydrogen-bond donors (Lipinski definition) is 1. The van der Waals surface area contributed by atoms with Crippen molar-refractivity contribution in [3.8, 4) is 11.5 Å². The molecule has 100 valence electrons. The number of likely N-dealkylation sites (N-methyl/N-ethyl adjacent to an activating group) is 1. The molecule has 0 saturated heterocycles. The molecule has 0 spiro atoms. The fourth-order valence-corrected chi connectivity index (χ4v) is 1.70. The van der Waals surface area contributed by atoms with Gasteiger partial charge in [-0.3, -0.25) is 9.69 Å². The Balaban J connectivity index is 2.45. The number of phenols is 1. The SMILES string of the molecule is COc1cc(/C=C2\N=C(C)N(C)C2=O)cc(F)c1O. The predicted octanol–water partition coefficient (Wildman–Crippen LogP) is 1.77. The fourth-order valence-electron chi connectivity index (χ4n) is 1.70. The first-order valence-electron chi connectivity index (χ1n) is 5.55. The van der Waals surface area contributed by atoms with E-state index in [-0.39, 0.29) is 17.4 Å². The summed E-state index contributed by atoms with van der Waals surface area (Å²) in [6.45, 7) is 1.71. The molecule has 1 aromatic carbocycles. The standard InChI is InChI=1S/C13H13FN2O3/c1-7-15-10(13(18)16(7)2)5-8-4-9(14)12(17)11(6-8)19-3/h4-6,17H,1-3H3/b10-5-. The Labute approximate surface area is 109 Å². The highest BCUT2D eigenvalue weighted by Gasteiger charge is 2.23. The second-order valence-electron chi connectivity index (χ2n) is 4.11. The molecule has 5 nitrogen and oxygen atoms in total. The van der Waals surface area contributed by atoms with Gasteiger partial charge in [-0.15, -0.1) is 0 Å². The Morgan fingerprint density at radius 3 is 2.68 bits per heavy atom. The summed E-state index contributed by atoms with van der Waals surface area (Å²) in [4.78, 5) is 17.3. The summed E-state index contributed by atoms with van der Waals surface area (Å²) >= 11 is 0. The number of benzene rings is 1. The first-order chi connectivity index (χ1) is 8.93. The van der Waals surface area contributed by atoms with Gasteiger partial charge in [0.2, 0.25) is 0 Å². The Morgan fingerprint density at radius 1 is 1.47 bits per heavy atom. The van der Waals surface area contributed by atoms with Crippen molar-refractivity contribution in [2.75, 3.05) is 14.2 Å². The lowest BCUT2D eigenvalue weighted by Gasteiger charge is -2.07. The van der Waals surface area contributed by atoms with Gasteiger partial charge in [-0.1, -0.05) is 0 Å². The number of methoxy groups -OCH3 is 1. The normalized spacial score (nSPS) is 17.1. The smallest absolute Gasteiger partial charge is 0.277 e. The Kier molecular flexibility index (Phi) is 3.25. The van der Waals surface area contributed by atoms with Gasteiger partial charge in [0.05, 0.1) is 7.11 Å². The molecule has 1 aliphatic heterocycles. The highest BCUT2D eigenvalue weighted by atomic mass is 19.1. The van der Waals surface area contributed by atoms with Crippen molar-refractivity contribution in [2.45, 2.75) is 6.92 Å². The fraction of sp³-hybridized carbons (Fsp3) is 0.231. The Bertz CT molecular complexity index is 608. The number of carbonyl (C=O) groups is 1. The van der Waals surface area contributed by atoms with Gasteiger partial charge in [0.15, 0.2) is 17.3 Å². The maximum absolute atomic E-state index is 13.5. The number of ether oxygens (including phenoxy) is 1. The summed E-state index contributed by atoms with van der Waals surface area (Å²) < 4.78 is 18.3. The summed E-state index contributed by atoms with van der Waals surface area (Å²) in [7, 11) is 2.93. The van der Waals surface area contributed by atoms with Crippen LogP contribution in [0, 0.1) is 5.82 Å². The van der Waals surface area contributed by atoms with Crippen LogP contribution in [-0.2, 0) is 4.79 Å². The van der Waals surface area contributed by atoms with Crippen LogP contribution in [0.2, 0.25) is 0 Å². The molecule has 0 bridgehead atoms. The van der Waals surface area contributed by atoms with E-state index in [9.17, 15) is 14.3 Å². The van der Waals surface area contributed by atoms with Crippen LogP contribution in [0.5, 0.6) is 11.5 Å². The molecule has 1 amide bonds. The molecule has 2 rings (SSSR count). The second kappa shape index (κ2) is 4.72. The molecule has 0 unspecified atom stereocenters. The maximum Gasteiger partial charge on any atom is 0.277 e. The number of phenolic OH excluding ortho intramolecular Hbond substituents is 1. The number of carbonyl (C=O) groups excluding carboxylic acids is 1. The number of rotatable bonds is 2. The molecule has 1 heterocycles. The van der Waals surface area contributed by atoms with E-state index in [1.165, 1.54) is 24.2 Å². The van der Waals surface area contributed by atoms with E-state index in [0.717, 1.165) is 6.07 Å². The largest absolute Gasteiger partial charge is 0.502 e. The van der Waals surface area contributed by atoms with E-state index in [1.54, 1.807) is 14.0 Å². The molecule has 0 saturated carbocycles. The monoisotopic (exact) mass is 264 g/mol. The quantitative estimate of drug-likeness (QED) is 0.828. The highest BCUT2D eigenvalue weighted by molar-refractivity contribution is 6.13. The molecule has 1 aliphatic rings. The van der Waals surface area contributed by atoms with Gasteiger partial charge in [0.25, 0.3) is 5.91 Å². The minimum atomic E-state index is -0.814. The highest BCUT2D eigenvalue weighted by Crippen LogP contribution is 2.31. The Hall–Kier alpha value is -2.37. The molecule has 0 radical (unpaired) electrons. The van der Waals surface area contributed by atoms with E-state index in [0.29, 0.717) is 11.4 Å². The van der Waals surface area contributed by atoms with Gasteiger partial charge in [0.1, 0.15) is 11.5 Å². The third-order valence-corrected chi connectivity index (χ3v) is 2.87. The van der Waals surface area contributed by atoms with Gasteiger partial charge in [0, 0.05) is 7.05 Å². The lowest BCUT2D eigenvalue weighted by atomic mass is 10.1. The van der Waals surface area contributed by atoms with Crippen molar-refractivity contribution in [2.24, 2.45) is 4.99 Å². The van der Waals surface area contributed by atoms with E-state index >= 15 is 0 Å². The van der Waals surface area contributed by atoms with Crippen LogP contribution in [0.25, 0.3) is 6.08 Å². The van der Waals surface area contributed by atoms with E-state index in [2.05, 4.69) is 4.99 Å². The topological polar surface area (TPSA) is 62.1 Å². The summed E-state index contributed by atoms with van der Waals surface area (Å²) in [5.41, 5.74) is 0.606. The molecule has 0 aliphatic carbocycles. The lowest BCUT2D eigenvalue weighted by molar-refractivity contribution is -0.121. The average Bonchev–Trinajstić information content (AvgIpc) is 2.61. The van der Waals surface area contributed by atoms with Gasteiger partial charge < -0.3 is 9.84 Å². The number of amides is 1. The molecule has 0 atom stereocenters. The molecular weight excluding hydrogens is 251 g/mol. The summed E-state index contributed by atoms with van der Waals surface area (Å²) in [6, 6.07) is 2.54. The van der Waals surface area contributed by atoms with Crippen LogP contribution in [0.15, 0.2) is 22.8 Å². The van der Waals surface area contributed by atoms with Crippen LogP contribution in [0.3, 0.4) is 0 Å². The number of amidine groups is 1. The van der Waals surface area contributed by atoms with Crippen molar-refractivity contribution < 1.29 is 19.0 Å². The minimum absolute atomic E-state index is 0.00588. The molecular formula is C13H13FN2O3. The van der Waals surface area contributed by atoms with Crippen LogP contribution in [0.1, 0.15) is 12.5 Å². The zero-order valence-corrected chi connectivity index (χ0v) is 10.8. The van der Waals surface area contributed by atoms with Crippen LogP contribution >= 0.6 is 0 Å². The zero-order chi connectivity index (χ0) is 14.2. The number of hydrogen-bond acceptors (Lipinski definition) is 4. The Morgan fingerprint density at radius 2 is 2.16 bits per heavy atom. The van der Waals surface area contributed by atoms with Gasteiger partial charge in [-0.25, -0.2) is 9.38 Å². The van der Waals surface area contributed by atoms with Gasteiger partial charge >= 0.3 is 0 Å². The first kappa shape index (κ1) is 13.1. The number of aromatic hydroxyl groups is 1. The van der Waals surface area contributed by atoms with Crippen LogP contribution < -0.4 is 4.74 Å². The summed E-state index contributed by atoms with van der Waals surface area (Å²) in [5.74, 6) is -1.05. The van der Waals surface area contributed by atoms with Gasteiger partial charge in [-0.2, -0.15) is 0 Å². The average molecular weight is 264 g/mol. The summed E-state index contributed by atoms with van der Waals surface area (Å²) in [6.07, 6.45) is 1.44. The van der Waals surface area contributed by atoms with Crippen molar-refractivity contribution in [3.63, 3.8) is 0 Å². The van der Waals surface area contributed by atoms with E-state index in [1.807, 2.05) is 0 Å². The molecule has 19 heavy (non-hydrogen) atoms. The van der Waals surface area contributed by atoms with E-state index in [4.69, 9.17) is 4.74 Å². The molecule has 0 aromatic heterocycles. The third kappa shape index (κ3) is 2.29.